The van der Waals surface area contributed by atoms with Crippen LogP contribution in [0.25, 0.3) is 0 Å². The van der Waals surface area contributed by atoms with Gasteiger partial charge in [0.2, 0.25) is 0 Å². The molecule has 0 saturated carbocycles. The van der Waals surface area contributed by atoms with E-state index in [9.17, 15) is 9.59 Å². The minimum Gasteiger partial charge on any atom is -0.444 e. The van der Waals surface area contributed by atoms with Gasteiger partial charge in [-0.2, -0.15) is 0 Å². The van der Waals surface area contributed by atoms with Gasteiger partial charge in [0.05, 0.1) is 11.3 Å². The molecule has 0 unspecified atom stereocenters. The maximum absolute atomic E-state index is 13.2. The number of ether oxygens (including phenoxy) is 1. The quantitative estimate of drug-likeness (QED) is 0.673. The Hall–Kier alpha value is -2.48. The molecule has 7 nitrogen and oxygen atoms in total. The molecular formula is C22H29N3O4S. The average Bonchev–Trinajstić information content (AvgIpc) is 3.02. The van der Waals surface area contributed by atoms with Crippen LogP contribution in [0.3, 0.4) is 0 Å². The highest BCUT2D eigenvalue weighted by Gasteiger charge is 2.28. The summed E-state index contributed by atoms with van der Waals surface area (Å²) in [7, 11) is 0. The van der Waals surface area contributed by atoms with Crippen LogP contribution in [-0.2, 0) is 10.5 Å². The predicted octanol–water partition coefficient (Wildman–Crippen LogP) is 4.28. The molecule has 0 N–H and O–H groups in total. The van der Waals surface area contributed by atoms with Gasteiger partial charge in [0.1, 0.15) is 11.4 Å². The minimum absolute atomic E-state index is 0.0132. The van der Waals surface area contributed by atoms with Gasteiger partial charge in [0.25, 0.3) is 5.91 Å². The van der Waals surface area contributed by atoms with Crippen molar-refractivity contribution < 1.29 is 18.8 Å². The van der Waals surface area contributed by atoms with Crippen LogP contribution in [0, 0.1) is 13.8 Å². The molecule has 1 aliphatic rings. The molecule has 2 amide bonds. The van der Waals surface area contributed by atoms with Crippen molar-refractivity contribution in [3.63, 3.8) is 0 Å². The number of aryl methyl sites for hydroxylation is 2. The average molecular weight is 432 g/mol. The number of amides is 2. The zero-order valence-corrected chi connectivity index (χ0v) is 19.0. The number of rotatable bonds is 4. The smallest absolute Gasteiger partial charge is 0.410 e. The largest absolute Gasteiger partial charge is 0.444 e. The number of aromatic nitrogens is 1. The first-order chi connectivity index (χ1) is 14.2. The van der Waals surface area contributed by atoms with Crippen molar-refractivity contribution >= 4 is 23.8 Å². The number of carbonyl (C=O) groups excluding carboxylic acids is 2. The van der Waals surface area contributed by atoms with E-state index in [1.54, 1.807) is 21.6 Å². The molecule has 1 saturated heterocycles. The number of hydrogen-bond acceptors (Lipinski definition) is 6. The van der Waals surface area contributed by atoms with Gasteiger partial charge in [-0.1, -0.05) is 17.3 Å². The van der Waals surface area contributed by atoms with Crippen molar-refractivity contribution in [2.45, 2.75) is 50.9 Å². The number of carbonyl (C=O) groups is 2. The Bertz CT molecular complexity index is 892. The highest BCUT2D eigenvalue weighted by atomic mass is 32.2. The number of piperazine rings is 1. The lowest BCUT2D eigenvalue weighted by Crippen LogP contribution is -2.51. The van der Waals surface area contributed by atoms with Gasteiger partial charge in [-0.15, -0.1) is 11.8 Å². The van der Waals surface area contributed by atoms with Crippen LogP contribution in [0.1, 0.15) is 48.1 Å². The molecule has 0 bridgehead atoms. The summed E-state index contributed by atoms with van der Waals surface area (Å²) < 4.78 is 10.7. The molecule has 0 radical (unpaired) electrons. The van der Waals surface area contributed by atoms with Crippen molar-refractivity contribution in [1.29, 1.82) is 0 Å². The molecule has 2 heterocycles. The van der Waals surface area contributed by atoms with Gasteiger partial charge in [0.15, 0.2) is 0 Å². The highest BCUT2D eigenvalue weighted by Crippen LogP contribution is 2.29. The zero-order valence-electron chi connectivity index (χ0n) is 18.2. The van der Waals surface area contributed by atoms with E-state index in [1.807, 2.05) is 58.9 Å². The Kier molecular flexibility index (Phi) is 6.75. The van der Waals surface area contributed by atoms with Crippen molar-refractivity contribution in [2.75, 3.05) is 26.2 Å². The van der Waals surface area contributed by atoms with Crippen molar-refractivity contribution in [3.05, 3.63) is 46.8 Å². The monoisotopic (exact) mass is 431 g/mol. The lowest BCUT2D eigenvalue weighted by molar-refractivity contribution is 0.0140. The SMILES string of the molecule is Cc1noc(C)c1CSc1ccccc1C(=O)N1CCN(C(=O)OC(C)(C)C)CC1. The summed E-state index contributed by atoms with van der Waals surface area (Å²) in [4.78, 5) is 29.8. The predicted molar refractivity (Wildman–Crippen MR) is 116 cm³/mol. The second-order valence-electron chi connectivity index (χ2n) is 8.35. The zero-order chi connectivity index (χ0) is 21.9. The van der Waals surface area contributed by atoms with Crippen molar-refractivity contribution in [1.82, 2.24) is 15.0 Å². The summed E-state index contributed by atoms with van der Waals surface area (Å²) >= 11 is 1.61. The van der Waals surface area contributed by atoms with Gasteiger partial charge >= 0.3 is 6.09 Å². The lowest BCUT2D eigenvalue weighted by Gasteiger charge is -2.35. The van der Waals surface area contributed by atoms with Gasteiger partial charge < -0.3 is 19.1 Å². The summed E-state index contributed by atoms with van der Waals surface area (Å²) in [6.07, 6.45) is -0.329. The van der Waals surface area contributed by atoms with Gasteiger partial charge in [-0.3, -0.25) is 4.79 Å². The van der Waals surface area contributed by atoms with Gasteiger partial charge in [-0.25, -0.2) is 4.79 Å². The second-order valence-corrected chi connectivity index (χ2v) is 9.36. The molecule has 30 heavy (non-hydrogen) atoms. The minimum atomic E-state index is -0.526. The van der Waals surface area contributed by atoms with E-state index < -0.39 is 5.60 Å². The molecule has 2 aromatic rings. The van der Waals surface area contributed by atoms with Crippen LogP contribution in [0.15, 0.2) is 33.7 Å². The Morgan fingerprint density at radius 2 is 1.73 bits per heavy atom. The fourth-order valence-electron chi connectivity index (χ4n) is 3.22. The Labute approximate surface area is 181 Å². The fourth-order valence-corrected chi connectivity index (χ4v) is 4.41. The lowest BCUT2D eigenvalue weighted by atomic mass is 10.2. The van der Waals surface area contributed by atoms with E-state index in [0.29, 0.717) is 37.5 Å². The maximum atomic E-state index is 13.2. The number of benzene rings is 1. The van der Waals surface area contributed by atoms with Crippen LogP contribution >= 0.6 is 11.8 Å². The molecule has 1 aromatic heterocycles. The van der Waals surface area contributed by atoms with Crippen LogP contribution in [0.5, 0.6) is 0 Å². The van der Waals surface area contributed by atoms with Crippen molar-refractivity contribution in [2.24, 2.45) is 0 Å². The Morgan fingerprint density at radius 3 is 2.33 bits per heavy atom. The summed E-state index contributed by atoms with van der Waals surface area (Å²) in [5.41, 5.74) is 2.09. The van der Waals surface area contributed by atoms with E-state index in [0.717, 1.165) is 21.9 Å². The summed E-state index contributed by atoms with van der Waals surface area (Å²) in [5.74, 6) is 1.49. The third-order valence-corrected chi connectivity index (χ3v) is 5.99. The maximum Gasteiger partial charge on any atom is 0.410 e. The normalized spacial score (nSPS) is 14.7. The number of hydrogen-bond donors (Lipinski definition) is 0. The Balaban J connectivity index is 1.63. The molecule has 3 rings (SSSR count). The fraction of sp³-hybridized carbons (Fsp3) is 0.500. The van der Waals surface area contributed by atoms with E-state index >= 15 is 0 Å². The van der Waals surface area contributed by atoms with Crippen molar-refractivity contribution in [3.8, 4) is 0 Å². The third-order valence-electron chi connectivity index (χ3n) is 4.89. The first-order valence-corrected chi connectivity index (χ1v) is 11.0. The second kappa shape index (κ2) is 9.12. The third kappa shape index (κ3) is 5.36. The first-order valence-electron chi connectivity index (χ1n) is 10.1. The number of thioether (sulfide) groups is 1. The molecule has 0 aliphatic carbocycles. The van der Waals surface area contributed by atoms with Crippen LogP contribution in [-0.4, -0.2) is 58.7 Å². The summed E-state index contributed by atoms with van der Waals surface area (Å²) in [5, 5.41) is 4.00. The van der Waals surface area contributed by atoms with Crippen LogP contribution < -0.4 is 0 Å². The van der Waals surface area contributed by atoms with Gasteiger partial charge in [0, 0.05) is 42.4 Å². The van der Waals surface area contributed by atoms with E-state index in [-0.39, 0.29) is 12.0 Å². The Morgan fingerprint density at radius 1 is 1.10 bits per heavy atom. The van der Waals surface area contributed by atoms with E-state index in [2.05, 4.69) is 5.16 Å². The molecule has 1 aromatic carbocycles. The van der Waals surface area contributed by atoms with E-state index in [1.165, 1.54) is 0 Å². The standard InChI is InChI=1S/C22H29N3O4S/c1-15-18(16(2)29-23-15)14-30-19-9-7-6-8-17(19)20(26)24-10-12-25(13-11-24)21(27)28-22(3,4)5/h6-9H,10-14H2,1-5H3. The molecular weight excluding hydrogens is 402 g/mol. The number of nitrogens with zero attached hydrogens (tertiary/aromatic N) is 3. The molecule has 0 atom stereocenters. The molecule has 162 valence electrons. The molecule has 0 spiro atoms. The van der Waals surface area contributed by atoms with Crippen LogP contribution in [0.2, 0.25) is 0 Å². The molecule has 1 fully saturated rings. The topological polar surface area (TPSA) is 75.9 Å². The molecule has 8 heteroatoms. The van der Waals surface area contributed by atoms with E-state index in [4.69, 9.17) is 9.26 Å². The molecule has 1 aliphatic heterocycles. The summed E-state index contributed by atoms with van der Waals surface area (Å²) in [6, 6.07) is 7.64. The summed E-state index contributed by atoms with van der Waals surface area (Å²) in [6.45, 7) is 11.3. The van der Waals surface area contributed by atoms with Gasteiger partial charge in [-0.05, 0) is 46.8 Å². The first kappa shape index (κ1) is 22.2. The highest BCUT2D eigenvalue weighted by molar-refractivity contribution is 7.98. The van der Waals surface area contributed by atoms with Crippen LogP contribution in [0.4, 0.5) is 4.79 Å².